The summed E-state index contributed by atoms with van der Waals surface area (Å²) in [6.45, 7) is 1.93. The molecule has 0 saturated carbocycles. The number of para-hydroxylation sites is 2. The Morgan fingerprint density at radius 3 is 2.07 bits per heavy atom. The van der Waals surface area contributed by atoms with E-state index in [0.717, 1.165) is 5.56 Å². The van der Waals surface area contributed by atoms with Crippen LogP contribution in [-0.4, -0.2) is 40.5 Å². The third kappa shape index (κ3) is 4.75. The fourth-order valence-corrected chi connectivity index (χ4v) is 2.59. The zero-order valence-corrected chi connectivity index (χ0v) is 16.2. The van der Waals surface area contributed by atoms with Crippen LogP contribution in [0.15, 0.2) is 36.4 Å². The van der Waals surface area contributed by atoms with E-state index in [-0.39, 0.29) is 12.5 Å². The first-order chi connectivity index (χ1) is 13.0. The van der Waals surface area contributed by atoms with Crippen molar-refractivity contribution in [2.45, 2.75) is 19.6 Å². The van der Waals surface area contributed by atoms with Gasteiger partial charge in [-0.2, -0.15) is 0 Å². The molecule has 0 spiro atoms. The summed E-state index contributed by atoms with van der Waals surface area (Å²) < 4.78 is 27.0. The van der Waals surface area contributed by atoms with Gasteiger partial charge in [0.15, 0.2) is 29.1 Å². The first kappa shape index (κ1) is 20.2. The van der Waals surface area contributed by atoms with E-state index < -0.39 is 6.10 Å². The van der Waals surface area contributed by atoms with Gasteiger partial charge in [-0.3, -0.25) is 4.79 Å². The Hall–Kier alpha value is -3.09. The zero-order chi connectivity index (χ0) is 19.8. The van der Waals surface area contributed by atoms with E-state index in [1.54, 1.807) is 39.3 Å². The minimum atomic E-state index is -0.701. The summed E-state index contributed by atoms with van der Waals surface area (Å²) >= 11 is 0. The van der Waals surface area contributed by atoms with E-state index in [4.69, 9.17) is 23.7 Å². The molecule has 0 aliphatic rings. The average molecular weight is 375 g/mol. The molecule has 1 amide bonds. The number of methoxy groups -OCH3 is 4. The minimum Gasteiger partial charge on any atom is -0.493 e. The first-order valence-corrected chi connectivity index (χ1v) is 8.40. The second-order valence-electron chi connectivity index (χ2n) is 5.62. The van der Waals surface area contributed by atoms with Crippen LogP contribution in [0.3, 0.4) is 0 Å². The molecule has 2 aromatic carbocycles. The molecule has 27 heavy (non-hydrogen) atoms. The van der Waals surface area contributed by atoms with Crippen LogP contribution in [0.5, 0.6) is 28.7 Å². The highest BCUT2D eigenvalue weighted by molar-refractivity contribution is 5.81. The van der Waals surface area contributed by atoms with Gasteiger partial charge in [-0.15, -0.1) is 0 Å². The summed E-state index contributed by atoms with van der Waals surface area (Å²) in [5, 5.41) is 2.84. The van der Waals surface area contributed by atoms with Crippen LogP contribution in [-0.2, 0) is 11.3 Å². The van der Waals surface area contributed by atoms with E-state index >= 15 is 0 Å². The van der Waals surface area contributed by atoms with Crippen LogP contribution in [0.2, 0.25) is 0 Å². The van der Waals surface area contributed by atoms with E-state index in [2.05, 4.69) is 5.32 Å². The van der Waals surface area contributed by atoms with Gasteiger partial charge < -0.3 is 29.0 Å². The van der Waals surface area contributed by atoms with Crippen LogP contribution in [0.25, 0.3) is 0 Å². The number of nitrogens with one attached hydrogen (secondary N) is 1. The predicted molar refractivity (Wildman–Crippen MR) is 101 cm³/mol. The molecule has 0 aliphatic carbocycles. The summed E-state index contributed by atoms with van der Waals surface area (Å²) in [4.78, 5) is 12.4. The van der Waals surface area contributed by atoms with Crippen molar-refractivity contribution in [3.05, 3.63) is 42.0 Å². The number of hydrogen-bond donors (Lipinski definition) is 1. The summed E-state index contributed by atoms with van der Waals surface area (Å²) in [5.41, 5.74) is 0.757. The van der Waals surface area contributed by atoms with Gasteiger partial charge in [0.2, 0.25) is 5.75 Å². The van der Waals surface area contributed by atoms with Gasteiger partial charge in [0, 0.05) is 12.1 Å². The van der Waals surface area contributed by atoms with Crippen molar-refractivity contribution in [2.75, 3.05) is 28.4 Å². The maximum atomic E-state index is 12.4. The molecule has 1 atom stereocenters. The molecular weight excluding hydrogens is 350 g/mol. The van der Waals surface area contributed by atoms with E-state index in [9.17, 15) is 4.79 Å². The highest BCUT2D eigenvalue weighted by atomic mass is 16.5. The normalized spacial score (nSPS) is 11.3. The van der Waals surface area contributed by atoms with E-state index in [1.807, 2.05) is 18.2 Å². The Labute approximate surface area is 159 Å². The monoisotopic (exact) mass is 375 g/mol. The van der Waals surface area contributed by atoms with Crippen molar-refractivity contribution in [3.8, 4) is 28.7 Å². The minimum absolute atomic E-state index is 0.252. The lowest BCUT2D eigenvalue weighted by Crippen LogP contribution is -2.36. The molecule has 1 N–H and O–H groups in total. The zero-order valence-electron chi connectivity index (χ0n) is 16.2. The summed E-state index contributed by atoms with van der Waals surface area (Å²) in [7, 11) is 6.17. The number of amides is 1. The lowest BCUT2D eigenvalue weighted by molar-refractivity contribution is -0.127. The topological polar surface area (TPSA) is 75.3 Å². The largest absolute Gasteiger partial charge is 0.493 e. The van der Waals surface area contributed by atoms with Crippen molar-refractivity contribution >= 4 is 5.91 Å². The molecule has 0 heterocycles. The number of carbonyl (C=O) groups is 1. The molecule has 0 unspecified atom stereocenters. The highest BCUT2D eigenvalue weighted by Gasteiger charge is 2.19. The van der Waals surface area contributed by atoms with Crippen molar-refractivity contribution in [1.29, 1.82) is 0 Å². The predicted octanol–water partition coefficient (Wildman–Crippen LogP) is 2.80. The molecule has 0 fully saturated rings. The fourth-order valence-electron chi connectivity index (χ4n) is 2.59. The third-order valence-electron chi connectivity index (χ3n) is 3.98. The lowest BCUT2D eigenvalue weighted by atomic mass is 10.1. The third-order valence-corrected chi connectivity index (χ3v) is 3.98. The first-order valence-electron chi connectivity index (χ1n) is 8.40. The van der Waals surface area contributed by atoms with Gasteiger partial charge in [-0.25, -0.2) is 0 Å². The maximum Gasteiger partial charge on any atom is 0.261 e. The number of carbonyl (C=O) groups excluding carboxylic acids is 1. The van der Waals surface area contributed by atoms with Crippen molar-refractivity contribution in [3.63, 3.8) is 0 Å². The van der Waals surface area contributed by atoms with Crippen molar-refractivity contribution in [1.82, 2.24) is 5.32 Å². The second-order valence-corrected chi connectivity index (χ2v) is 5.62. The van der Waals surface area contributed by atoms with E-state index in [0.29, 0.717) is 28.7 Å². The molecular formula is C20H25NO6. The van der Waals surface area contributed by atoms with Gasteiger partial charge in [0.1, 0.15) is 0 Å². The number of rotatable bonds is 9. The summed E-state index contributed by atoms with van der Waals surface area (Å²) in [6.07, 6.45) is -0.701. The molecule has 0 radical (unpaired) electrons. The van der Waals surface area contributed by atoms with Crippen LogP contribution in [0.4, 0.5) is 0 Å². The highest BCUT2D eigenvalue weighted by Crippen LogP contribution is 2.39. The van der Waals surface area contributed by atoms with Crippen LogP contribution in [0.1, 0.15) is 12.5 Å². The van der Waals surface area contributed by atoms with Crippen molar-refractivity contribution < 1.29 is 28.5 Å². The number of hydrogen-bond acceptors (Lipinski definition) is 6. The van der Waals surface area contributed by atoms with Crippen LogP contribution >= 0.6 is 0 Å². The smallest absolute Gasteiger partial charge is 0.261 e. The Bertz CT molecular complexity index is 777. The van der Waals surface area contributed by atoms with Crippen LogP contribution < -0.4 is 29.0 Å². The number of ether oxygens (including phenoxy) is 5. The maximum absolute atomic E-state index is 12.4. The average Bonchev–Trinajstić information content (AvgIpc) is 2.71. The summed E-state index contributed by atoms with van der Waals surface area (Å²) in [6, 6.07) is 10.7. The molecule has 0 aliphatic heterocycles. The molecule has 146 valence electrons. The molecule has 2 aromatic rings. The lowest BCUT2D eigenvalue weighted by Gasteiger charge is -2.18. The Kier molecular flexibility index (Phi) is 7.16. The Morgan fingerprint density at radius 2 is 1.48 bits per heavy atom. The van der Waals surface area contributed by atoms with Gasteiger partial charge >= 0.3 is 0 Å². The van der Waals surface area contributed by atoms with Crippen LogP contribution in [0, 0.1) is 0 Å². The van der Waals surface area contributed by atoms with Gasteiger partial charge in [-0.1, -0.05) is 12.1 Å². The van der Waals surface area contributed by atoms with Gasteiger partial charge in [0.25, 0.3) is 5.91 Å². The molecule has 2 rings (SSSR count). The van der Waals surface area contributed by atoms with Gasteiger partial charge in [-0.05, 0) is 31.2 Å². The quantitative estimate of drug-likeness (QED) is 0.726. The molecule has 7 heteroatoms. The standard InChI is InChI=1S/C20H25NO6/c1-13(27-16-9-7-6-8-15(16)23-2)20(22)21-12-14-10-11-17(24-3)19(26-5)18(14)25-4/h6-11,13H,12H2,1-5H3,(H,21,22)/t13-/m0/s1. The second kappa shape index (κ2) is 9.56. The SMILES string of the molecule is COc1ccccc1O[C@@H](C)C(=O)NCc1ccc(OC)c(OC)c1OC. The molecule has 7 nitrogen and oxygen atoms in total. The Balaban J connectivity index is 2.06. The fraction of sp³-hybridized carbons (Fsp3) is 0.350. The Morgan fingerprint density at radius 1 is 0.852 bits per heavy atom. The number of benzene rings is 2. The molecule has 0 aromatic heterocycles. The molecule has 0 bridgehead atoms. The summed E-state index contributed by atoms with van der Waals surface area (Å²) in [5.74, 6) is 2.35. The van der Waals surface area contributed by atoms with E-state index in [1.165, 1.54) is 14.2 Å². The molecule has 0 saturated heterocycles. The van der Waals surface area contributed by atoms with Gasteiger partial charge in [0.05, 0.1) is 28.4 Å². The van der Waals surface area contributed by atoms with Crippen molar-refractivity contribution in [2.24, 2.45) is 0 Å².